The Morgan fingerprint density at radius 1 is 1.38 bits per heavy atom. The molecule has 2 heterocycles. The molecule has 3 heteroatoms. The van der Waals surface area contributed by atoms with Gasteiger partial charge in [-0.1, -0.05) is 26.7 Å². The second-order valence-corrected chi connectivity index (χ2v) is 6.44. The van der Waals surface area contributed by atoms with Crippen molar-refractivity contribution in [2.24, 2.45) is 5.92 Å². The fraction of sp³-hybridized carbons (Fsp3) is 0.923. The Hall–Kier alpha value is -0.180. The largest absolute Gasteiger partial charge is 0.337 e. The van der Waals surface area contributed by atoms with E-state index in [1.807, 2.05) is 0 Å². The van der Waals surface area contributed by atoms with Crippen molar-refractivity contribution in [1.82, 2.24) is 4.90 Å². The van der Waals surface area contributed by atoms with Crippen LogP contribution in [0.15, 0.2) is 0 Å². The van der Waals surface area contributed by atoms with Crippen LogP contribution in [-0.2, 0) is 4.79 Å². The molecule has 0 radical (unpaired) electrons. The van der Waals surface area contributed by atoms with E-state index >= 15 is 0 Å². The van der Waals surface area contributed by atoms with E-state index in [4.69, 9.17) is 0 Å². The smallest absolute Gasteiger partial charge is 0.225 e. The van der Waals surface area contributed by atoms with Crippen LogP contribution in [0.3, 0.4) is 0 Å². The monoisotopic (exact) mass is 241 g/mol. The average molecular weight is 241 g/mol. The topological polar surface area (TPSA) is 20.3 Å². The summed E-state index contributed by atoms with van der Waals surface area (Å²) in [4.78, 5) is 14.6. The number of fused-ring (bicyclic) bond motifs is 2. The first-order valence-electron chi connectivity index (χ1n) is 6.68. The van der Waals surface area contributed by atoms with Gasteiger partial charge in [-0.25, -0.2) is 0 Å². The maximum absolute atomic E-state index is 12.4. The zero-order valence-electron chi connectivity index (χ0n) is 10.4. The molecule has 1 amide bonds. The molecule has 0 aliphatic carbocycles. The predicted octanol–water partition coefficient (Wildman–Crippen LogP) is 2.92. The van der Waals surface area contributed by atoms with Gasteiger partial charge >= 0.3 is 0 Å². The van der Waals surface area contributed by atoms with Crippen molar-refractivity contribution in [2.75, 3.05) is 12.3 Å². The Morgan fingerprint density at radius 3 is 2.50 bits per heavy atom. The van der Waals surface area contributed by atoms with Crippen LogP contribution in [0.4, 0.5) is 0 Å². The van der Waals surface area contributed by atoms with E-state index in [0.717, 1.165) is 37.5 Å². The zero-order chi connectivity index (χ0) is 11.5. The maximum Gasteiger partial charge on any atom is 0.225 e. The average Bonchev–Trinajstić information content (AvgIpc) is 2.89. The lowest BCUT2D eigenvalue weighted by Crippen LogP contribution is -2.42. The molecule has 0 spiro atoms. The number of nitrogens with zero attached hydrogens (tertiary/aromatic N) is 1. The van der Waals surface area contributed by atoms with Crippen molar-refractivity contribution >= 4 is 17.7 Å². The normalized spacial score (nSPS) is 28.1. The lowest BCUT2D eigenvalue weighted by molar-refractivity contribution is -0.136. The van der Waals surface area contributed by atoms with E-state index in [1.54, 1.807) is 0 Å². The van der Waals surface area contributed by atoms with Crippen LogP contribution < -0.4 is 0 Å². The molecule has 0 aromatic heterocycles. The van der Waals surface area contributed by atoms with Gasteiger partial charge in [0.15, 0.2) is 0 Å². The molecule has 0 saturated carbocycles. The Labute approximate surface area is 103 Å². The van der Waals surface area contributed by atoms with Gasteiger partial charge in [0.25, 0.3) is 0 Å². The first kappa shape index (κ1) is 12.3. The van der Waals surface area contributed by atoms with Gasteiger partial charge in [-0.3, -0.25) is 4.79 Å². The van der Waals surface area contributed by atoms with E-state index in [2.05, 4.69) is 30.5 Å². The second kappa shape index (κ2) is 5.44. The van der Waals surface area contributed by atoms with Gasteiger partial charge in [-0.2, -0.15) is 11.8 Å². The molecule has 0 N–H and O–H groups in total. The third kappa shape index (κ3) is 2.39. The van der Waals surface area contributed by atoms with Crippen LogP contribution in [0.1, 0.15) is 46.0 Å². The molecule has 2 atom stereocenters. The highest BCUT2D eigenvalue weighted by atomic mass is 32.2. The highest BCUT2D eigenvalue weighted by molar-refractivity contribution is 8.00. The molecular weight excluding hydrogens is 218 g/mol. The van der Waals surface area contributed by atoms with Gasteiger partial charge in [0.2, 0.25) is 5.91 Å². The summed E-state index contributed by atoms with van der Waals surface area (Å²) in [6, 6.07) is 0.568. The summed E-state index contributed by atoms with van der Waals surface area (Å²) in [6.45, 7) is 5.39. The number of carbonyl (C=O) groups excluding carboxylic acids is 1. The van der Waals surface area contributed by atoms with Crippen molar-refractivity contribution < 1.29 is 4.79 Å². The molecule has 92 valence electrons. The molecule has 2 fully saturated rings. The van der Waals surface area contributed by atoms with E-state index in [0.29, 0.717) is 17.9 Å². The number of likely N-dealkylation sites (tertiary alicyclic amines) is 1. The molecule has 2 aliphatic rings. The lowest BCUT2D eigenvalue weighted by atomic mass is 9.96. The van der Waals surface area contributed by atoms with Crippen molar-refractivity contribution in [2.45, 2.75) is 57.2 Å². The van der Waals surface area contributed by atoms with Crippen LogP contribution in [0, 0.1) is 5.92 Å². The van der Waals surface area contributed by atoms with E-state index in [9.17, 15) is 4.79 Å². The summed E-state index contributed by atoms with van der Waals surface area (Å²) < 4.78 is 0. The summed E-state index contributed by atoms with van der Waals surface area (Å²) in [5, 5.41) is 0.748. The van der Waals surface area contributed by atoms with E-state index in [-0.39, 0.29) is 0 Å². The lowest BCUT2D eigenvalue weighted by Gasteiger charge is -2.30. The highest BCUT2D eigenvalue weighted by Gasteiger charge is 2.42. The van der Waals surface area contributed by atoms with Crippen LogP contribution in [0.5, 0.6) is 0 Å². The van der Waals surface area contributed by atoms with Crippen LogP contribution >= 0.6 is 11.8 Å². The molecule has 16 heavy (non-hydrogen) atoms. The van der Waals surface area contributed by atoms with Crippen molar-refractivity contribution in [3.05, 3.63) is 0 Å². The van der Waals surface area contributed by atoms with Gasteiger partial charge in [0.05, 0.1) is 0 Å². The number of hydrogen-bond acceptors (Lipinski definition) is 2. The molecule has 2 unspecified atom stereocenters. The van der Waals surface area contributed by atoms with E-state index in [1.165, 1.54) is 12.2 Å². The molecule has 2 rings (SSSR count). The van der Waals surface area contributed by atoms with Gasteiger partial charge in [-0.15, -0.1) is 0 Å². The fourth-order valence-corrected chi connectivity index (χ4v) is 4.43. The van der Waals surface area contributed by atoms with Gasteiger partial charge < -0.3 is 4.90 Å². The number of thioether (sulfide) groups is 1. The Bertz CT molecular complexity index is 250. The van der Waals surface area contributed by atoms with Crippen molar-refractivity contribution in [3.8, 4) is 0 Å². The molecule has 2 nitrogen and oxygen atoms in total. The number of hydrogen-bond donors (Lipinski definition) is 0. The summed E-state index contributed by atoms with van der Waals surface area (Å²) in [7, 11) is 0. The molecule has 2 bridgehead atoms. The van der Waals surface area contributed by atoms with Gasteiger partial charge in [0.1, 0.15) is 0 Å². The Morgan fingerprint density at radius 2 is 2.06 bits per heavy atom. The third-order valence-corrected chi connectivity index (χ3v) is 5.20. The number of carbonyl (C=O) groups is 1. The minimum atomic E-state index is 0.305. The first-order chi connectivity index (χ1) is 7.76. The van der Waals surface area contributed by atoms with E-state index < -0.39 is 0 Å². The third-order valence-electron chi connectivity index (χ3n) is 3.81. The minimum absolute atomic E-state index is 0.305. The van der Waals surface area contributed by atoms with Crippen LogP contribution in [0.25, 0.3) is 0 Å². The van der Waals surface area contributed by atoms with Crippen LogP contribution in [0.2, 0.25) is 0 Å². The van der Waals surface area contributed by atoms with Crippen LogP contribution in [-0.4, -0.2) is 34.4 Å². The number of amides is 1. The molecule has 0 aromatic rings. The Balaban J connectivity index is 1.94. The first-order valence-corrected chi connectivity index (χ1v) is 7.73. The van der Waals surface area contributed by atoms with Crippen molar-refractivity contribution in [3.63, 3.8) is 0 Å². The molecule has 2 aliphatic heterocycles. The summed E-state index contributed by atoms with van der Waals surface area (Å²) in [5.74, 6) is 1.94. The molecule has 0 aromatic carbocycles. The maximum atomic E-state index is 12.4. The molecular formula is C13H23NOS. The summed E-state index contributed by atoms with van der Waals surface area (Å²) in [5.41, 5.74) is 0. The van der Waals surface area contributed by atoms with Gasteiger partial charge in [-0.05, 0) is 19.3 Å². The predicted molar refractivity (Wildman–Crippen MR) is 69.7 cm³/mol. The SMILES string of the molecule is CCCC(CCC)C(=O)N1CC2CC1CS2. The minimum Gasteiger partial charge on any atom is -0.337 e. The van der Waals surface area contributed by atoms with Gasteiger partial charge in [0, 0.05) is 29.5 Å². The standard InChI is InChI=1S/C13H23NOS/c1-3-5-10(6-4-2)13(15)14-8-12-7-11(14)9-16-12/h10-12H,3-9H2,1-2H3. The molecule has 2 saturated heterocycles. The highest BCUT2D eigenvalue weighted by Crippen LogP contribution is 2.38. The summed E-state index contributed by atoms with van der Waals surface area (Å²) in [6.07, 6.45) is 5.67. The number of rotatable bonds is 5. The van der Waals surface area contributed by atoms with Crippen molar-refractivity contribution in [1.29, 1.82) is 0 Å². The fourth-order valence-electron chi connectivity index (χ4n) is 2.99. The second-order valence-electron chi connectivity index (χ2n) is 5.11. The zero-order valence-corrected chi connectivity index (χ0v) is 11.3. The Kier molecular flexibility index (Phi) is 4.17. The quantitative estimate of drug-likeness (QED) is 0.737. The summed E-state index contributed by atoms with van der Waals surface area (Å²) >= 11 is 2.06.